The van der Waals surface area contributed by atoms with Gasteiger partial charge in [-0.25, -0.2) is 9.97 Å². The number of anilines is 2. The van der Waals surface area contributed by atoms with E-state index in [2.05, 4.69) is 15.2 Å². The summed E-state index contributed by atoms with van der Waals surface area (Å²) in [5.41, 5.74) is 7.42. The normalized spacial score (nSPS) is 11.1. The van der Waals surface area contributed by atoms with Crippen LogP contribution in [-0.2, 0) is 0 Å². The van der Waals surface area contributed by atoms with Crippen LogP contribution in [0.3, 0.4) is 0 Å². The van der Waals surface area contributed by atoms with Crippen molar-refractivity contribution in [1.82, 2.24) is 14.9 Å². The molecule has 6 nitrogen and oxygen atoms in total. The molecule has 2 aromatic heterocycles. The SMILES string of the molecule is COc1ccc(Cl)c(-c2cc3cnc(N)cc3c(NCCN(C)C)n2)c1. The summed E-state index contributed by atoms with van der Waals surface area (Å²) in [5, 5.41) is 5.88. The standard InChI is InChI=1S/C19H22ClN5O/c1-25(2)7-6-22-19-14-10-18(21)23-11-12(14)8-17(24-19)15-9-13(26-3)4-5-16(15)20/h4-5,8-11H,6-7H2,1-3H3,(H2,21,23)(H,22,24). The predicted octanol–water partition coefficient (Wildman–Crippen LogP) is 3.51. The summed E-state index contributed by atoms with van der Waals surface area (Å²) in [5.74, 6) is 1.94. The Morgan fingerprint density at radius 2 is 2.04 bits per heavy atom. The van der Waals surface area contributed by atoms with E-state index in [0.717, 1.165) is 46.7 Å². The number of hydrogen-bond donors (Lipinski definition) is 2. The molecule has 136 valence electrons. The van der Waals surface area contributed by atoms with Crippen LogP contribution >= 0.6 is 11.6 Å². The summed E-state index contributed by atoms with van der Waals surface area (Å²) < 4.78 is 5.32. The van der Waals surface area contributed by atoms with E-state index in [9.17, 15) is 0 Å². The third-order valence-electron chi connectivity index (χ3n) is 4.04. The molecule has 0 atom stereocenters. The second-order valence-electron chi connectivity index (χ2n) is 6.26. The number of pyridine rings is 2. The summed E-state index contributed by atoms with van der Waals surface area (Å²) in [6, 6.07) is 9.30. The molecule has 0 radical (unpaired) electrons. The number of nitrogens with two attached hydrogens (primary N) is 1. The van der Waals surface area contributed by atoms with Gasteiger partial charge in [0.25, 0.3) is 0 Å². The average molecular weight is 372 g/mol. The number of likely N-dealkylation sites (N-methyl/N-ethyl adjacent to an activating group) is 1. The maximum Gasteiger partial charge on any atom is 0.134 e. The fourth-order valence-corrected chi connectivity index (χ4v) is 2.88. The van der Waals surface area contributed by atoms with E-state index in [1.807, 2.05) is 44.4 Å². The van der Waals surface area contributed by atoms with Gasteiger partial charge in [-0.2, -0.15) is 0 Å². The van der Waals surface area contributed by atoms with Crippen LogP contribution in [0.2, 0.25) is 5.02 Å². The molecule has 7 heteroatoms. The molecule has 3 rings (SSSR count). The van der Waals surface area contributed by atoms with E-state index in [-0.39, 0.29) is 0 Å². The van der Waals surface area contributed by atoms with Gasteiger partial charge in [0.05, 0.1) is 17.8 Å². The lowest BCUT2D eigenvalue weighted by atomic mass is 10.1. The lowest BCUT2D eigenvalue weighted by Crippen LogP contribution is -2.21. The molecule has 2 heterocycles. The molecular formula is C19H22ClN5O. The molecule has 0 unspecified atom stereocenters. The van der Waals surface area contributed by atoms with Gasteiger partial charge in [-0.05, 0) is 44.4 Å². The highest BCUT2D eigenvalue weighted by molar-refractivity contribution is 6.33. The highest BCUT2D eigenvalue weighted by atomic mass is 35.5. The second kappa shape index (κ2) is 7.76. The predicted molar refractivity (Wildman–Crippen MR) is 108 cm³/mol. The Morgan fingerprint density at radius 1 is 1.23 bits per heavy atom. The third-order valence-corrected chi connectivity index (χ3v) is 4.37. The van der Waals surface area contributed by atoms with Crippen molar-refractivity contribution in [2.75, 3.05) is 45.3 Å². The maximum absolute atomic E-state index is 6.40. The van der Waals surface area contributed by atoms with E-state index in [1.54, 1.807) is 13.3 Å². The Labute approximate surface area is 158 Å². The highest BCUT2D eigenvalue weighted by Crippen LogP contribution is 2.34. The first-order valence-electron chi connectivity index (χ1n) is 8.26. The van der Waals surface area contributed by atoms with Crippen LogP contribution in [0.25, 0.3) is 22.0 Å². The molecule has 0 saturated carbocycles. The van der Waals surface area contributed by atoms with E-state index >= 15 is 0 Å². The van der Waals surface area contributed by atoms with Crippen LogP contribution in [0.4, 0.5) is 11.6 Å². The number of aromatic nitrogens is 2. The van der Waals surface area contributed by atoms with Gasteiger partial charge in [-0.1, -0.05) is 11.6 Å². The zero-order valence-corrected chi connectivity index (χ0v) is 15.8. The highest BCUT2D eigenvalue weighted by Gasteiger charge is 2.12. The molecule has 26 heavy (non-hydrogen) atoms. The van der Waals surface area contributed by atoms with Crippen LogP contribution < -0.4 is 15.8 Å². The van der Waals surface area contributed by atoms with Crippen LogP contribution in [0.15, 0.2) is 36.5 Å². The first-order chi connectivity index (χ1) is 12.5. The summed E-state index contributed by atoms with van der Waals surface area (Å²) >= 11 is 6.40. The average Bonchev–Trinajstić information content (AvgIpc) is 2.62. The van der Waals surface area contributed by atoms with Crippen molar-refractivity contribution in [3.8, 4) is 17.0 Å². The van der Waals surface area contributed by atoms with Crippen molar-refractivity contribution in [1.29, 1.82) is 0 Å². The lowest BCUT2D eigenvalue weighted by Gasteiger charge is -2.15. The van der Waals surface area contributed by atoms with Gasteiger partial charge in [-0.15, -0.1) is 0 Å². The number of nitrogens with zero attached hydrogens (tertiary/aromatic N) is 3. The van der Waals surface area contributed by atoms with Gasteiger partial charge in [0.15, 0.2) is 0 Å². The molecular weight excluding hydrogens is 350 g/mol. The summed E-state index contributed by atoms with van der Waals surface area (Å²) in [7, 11) is 5.69. The third kappa shape index (κ3) is 3.98. The lowest BCUT2D eigenvalue weighted by molar-refractivity contribution is 0.415. The molecule has 3 aromatic rings. The van der Waals surface area contributed by atoms with E-state index in [0.29, 0.717) is 10.8 Å². The monoisotopic (exact) mass is 371 g/mol. The Balaban J connectivity index is 2.10. The van der Waals surface area contributed by atoms with E-state index in [1.165, 1.54) is 0 Å². The molecule has 0 amide bonds. The number of halogens is 1. The molecule has 0 aliphatic heterocycles. The number of benzene rings is 1. The Kier molecular flexibility index (Phi) is 5.44. The van der Waals surface area contributed by atoms with Crippen molar-refractivity contribution in [2.24, 2.45) is 0 Å². The Bertz CT molecular complexity index is 929. The molecule has 0 spiro atoms. The fourth-order valence-electron chi connectivity index (χ4n) is 2.66. The first-order valence-corrected chi connectivity index (χ1v) is 8.64. The molecule has 0 aliphatic carbocycles. The maximum atomic E-state index is 6.40. The van der Waals surface area contributed by atoms with Gasteiger partial charge in [0.1, 0.15) is 17.4 Å². The fraction of sp³-hybridized carbons (Fsp3) is 0.263. The molecule has 0 aliphatic rings. The second-order valence-corrected chi connectivity index (χ2v) is 6.67. The minimum atomic E-state index is 0.460. The molecule has 1 aromatic carbocycles. The minimum absolute atomic E-state index is 0.460. The number of hydrogen-bond acceptors (Lipinski definition) is 6. The molecule has 0 saturated heterocycles. The quantitative estimate of drug-likeness (QED) is 0.690. The van der Waals surface area contributed by atoms with Crippen molar-refractivity contribution in [3.63, 3.8) is 0 Å². The van der Waals surface area contributed by atoms with Gasteiger partial charge in [0, 0.05) is 35.6 Å². The number of rotatable bonds is 6. The number of nitrogens with one attached hydrogen (secondary N) is 1. The molecule has 0 bridgehead atoms. The van der Waals surface area contributed by atoms with Crippen LogP contribution in [-0.4, -0.2) is 49.2 Å². The minimum Gasteiger partial charge on any atom is -0.497 e. The summed E-state index contributed by atoms with van der Waals surface area (Å²) in [4.78, 5) is 11.1. The van der Waals surface area contributed by atoms with Crippen LogP contribution in [0, 0.1) is 0 Å². The Hall–Kier alpha value is -2.57. The van der Waals surface area contributed by atoms with Crippen molar-refractivity contribution >= 4 is 34.0 Å². The largest absolute Gasteiger partial charge is 0.497 e. The summed E-state index contributed by atoms with van der Waals surface area (Å²) in [6.45, 7) is 1.64. The number of nitrogen functional groups attached to an aromatic ring is 1. The Morgan fingerprint density at radius 3 is 2.77 bits per heavy atom. The van der Waals surface area contributed by atoms with Gasteiger partial charge in [-0.3, -0.25) is 0 Å². The number of fused-ring (bicyclic) bond motifs is 1. The molecule has 3 N–H and O–H groups in total. The van der Waals surface area contributed by atoms with Crippen molar-refractivity contribution in [3.05, 3.63) is 41.6 Å². The zero-order valence-electron chi connectivity index (χ0n) is 15.1. The van der Waals surface area contributed by atoms with E-state index < -0.39 is 0 Å². The first kappa shape index (κ1) is 18.2. The molecule has 0 fully saturated rings. The van der Waals surface area contributed by atoms with Gasteiger partial charge in [0.2, 0.25) is 0 Å². The van der Waals surface area contributed by atoms with Crippen LogP contribution in [0.5, 0.6) is 5.75 Å². The topological polar surface area (TPSA) is 76.3 Å². The zero-order chi connectivity index (χ0) is 18.7. The van der Waals surface area contributed by atoms with Gasteiger partial charge < -0.3 is 20.7 Å². The van der Waals surface area contributed by atoms with E-state index in [4.69, 9.17) is 27.1 Å². The van der Waals surface area contributed by atoms with Crippen molar-refractivity contribution in [2.45, 2.75) is 0 Å². The summed E-state index contributed by atoms with van der Waals surface area (Å²) in [6.07, 6.45) is 1.75. The van der Waals surface area contributed by atoms with Crippen molar-refractivity contribution < 1.29 is 4.74 Å². The number of ether oxygens (including phenoxy) is 1. The smallest absolute Gasteiger partial charge is 0.134 e. The van der Waals surface area contributed by atoms with Crippen LogP contribution in [0.1, 0.15) is 0 Å². The van der Waals surface area contributed by atoms with Gasteiger partial charge >= 0.3 is 0 Å². The number of methoxy groups -OCH3 is 1.